The second kappa shape index (κ2) is 5.93. The number of carboxylic acids is 1. The topological polar surface area (TPSA) is 71.4 Å². The largest absolute Gasteiger partial charge is 0.481 e. The van der Waals surface area contributed by atoms with Gasteiger partial charge in [0.05, 0.1) is 10.3 Å². The molecule has 23 heavy (non-hydrogen) atoms. The molecule has 0 aromatic heterocycles. The minimum atomic E-state index is -3.25. The predicted molar refractivity (Wildman–Crippen MR) is 88.2 cm³/mol. The molecule has 1 aromatic carbocycles. The van der Waals surface area contributed by atoms with Crippen molar-refractivity contribution in [2.45, 2.75) is 55.3 Å². The summed E-state index contributed by atoms with van der Waals surface area (Å²) < 4.78 is 23.1. The Morgan fingerprint density at radius 2 is 1.78 bits per heavy atom. The van der Waals surface area contributed by atoms with Gasteiger partial charge in [0, 0.05) is 6.26 Å². The van der Waals surface area contributed by atoms with Gasteiger partial charge in [-0.25, -0.2) is 8.42 Å². The standard InChI is InChI=1S/C18H24O4S/c1-23(21,22)16-9-7-14(8-10-16)18(17(19)20)12-15(18)11-13-5-3-2-4-6-13/h7-10,13,15H,2-6,11-12H2,1H3,(H,19,20). The van der Waals surface area contributed by atoms with Crippen LogP contribution in [0.15, 0.2) is 29.2 Å². The van der Waals surface area contributed by atoms with Crippen molar-refractivity contribution in [2.75, 3.05) is 6.26 Å². The van der Waals surface area contributed by atoms with E-state index in [9.17, 15) is 18.3 Å². The zero-order valence-corrected chi connectivity index (χ0v) is 14.3. The van der Waals surface area contributed by atoms with Crippen molar-refractivity contribution in [1.82, 2.24) is 0 Å². The quantitative estimate of drug-likeness (QED) is 0.894. The average molecular weight is 336 g/mol. The second-order valence-corrected chi connectivity index (χ2v) is 9.23. The highest BCUT2D eigenvalue weighted by molar-refractivity contribution is 7.90. The van der Waals surface area contributed by atoms with Gasteiger partial charge in [0.15, 0.2) is 9.84 Å². The lowest BCUT2D eigenvalue weighted by molar-refractivity contribution is -0.140. The molecule has 2 atom stereocenters. The minimum absolute atomic E-state index is 0.187. The maximum Gasteiger partial charge on any atom is 0.314 e. The number of carboxylic acid groups (broad SMARTS) is 1. The Bertz CT molecular complexity index is 686. The SMILES string of the molecule is CS(=O)(=O)c1ccc(C2(C(=O)O)CC2CC2CCCCC2)cc1. The van der Waals surface area contributed by atoms with Crippen LogP contribution in [0, 0.1) is 11.8 Å². The molecule has 126 valence electrons. The molecule has 0 amide bonds. The first kappa shape index (κ1) is 16.5. The molecular weight excluding hydrogens is 312 g/mol. The highest BCUT2D eigenvalue weighted by Crippen LogP contribution is 2.58. The summed E-state index contributed by atoms with van der Waals surface area (Å²) in [7, 11) is -3.25. The highest BCUT2D eigenvalue weighted by Gasteiger charge is 2.61. The molecule has 1 aromatic rings. The van der Waals surface area contributed by atoms with E-state index in [2.05, 4.69) is 0 Å². The van der Waals surface area contributed by atoms with Crippen LogP contribution in [0.4, 0.5) is 0 Å². The van der Waals surface area contributed by atoms with Crippen LogP contribution in [0.2, 0.25) is 0 Å². The maximum atomic E-state index is 11.9. The van der Waals surface area contributed by atoms with Crippen LogP contribution in [0.5, 0.6) is 0 Å². The van der Waals surface area contributed by atoms with Crippen molar-refractivity contribution in [2.24, 2.45) is 11.8 Å². The van der Waals surface area contributed by atoms with Crippen molar-refractivity contribution in [3.63, 3.8) is 0 Å². The number of rotatable bonds is 5. The maximum absolute atomic E-state index is 11.9. The average Bonchev–Trinajstić information content (AvgIpc) is 3.23. The van der Waals surface area contributed by atoms with Crippen molar-refractivity contribution in [3.8, 4) is 0 Å². The number of hydrogen-bond acceptors (Lipinski definition) is 3. The molecule has 4 nitrogen and oxygen atoms in total. The lowest BCUT2D eigenvalue weighted by Crippen LogP contribution is -2.23. The lowest BCUT2D eigenvalue weighted by Gasteiger charge is -2.22. The zero-order chi connectivity index (χ0) is 16.7. The van der Waals surface area contributed by atoms with Crippen LogP contribution in [-0.2, 0) is 20.0 Å². The van der Waals surface area contributed by atoms with Gasteiger partial charge in [0.1, 0.15) is 0 Å². The Morgan fingerprint density at radius 1 is 1.17 bits per heavy atom. The Balaban J connectivity index is 1.79. The van der Waals surface area contributed by atoms with Gasteiger partial charge in [-0.3, -0.25) is 4.79 Å². The summed E-state index contributed by atoms with van der Waals surface area (Å²) in [6, 6.07) is 6.44. The van der Waals surface area contributed by atoms with Gasteiger partial charge in [-0.05, 0) is 42.4 Å². The lowest BCUT2D eigenvalue weighted by atomic mass is 9.83. The second-order valence-electron chi connectivity index (χ2n) is 7.21. The summed E-state index contributed by atoms with van der Waals surface area (Å²) in [5, 5.41) is 9.77. The van der Waals surface area contributed by atoms with E-state index in [0.29, 0.717) is 12.3 Å². The predicted octanol–water partition coefficient (Wildman–Crippen LogP) is 3.40. The molecule has 0 aliphatic heterocycles. The van der Waals surface area contributed by atoms with Crippen LogP contribution >= 0.6 is 0 Å². The van der Waals surface area contributed by atoms with Gasteiger partial charge >= 0.3 is 5.97 Å². The van der Waals surface area contributed by atoms with Gasteiger partial charge < -0.3 is 5.11 Å². The van der Waals surface area contributed by atoms with Gasteiger partial charge in [0.2, 0.25) is 0 Å². The summed E-state index contributed by atoms with van der Waals surface area (Å²) in [5.74, 6) is 0.0721. The molecular formula is C18H24O4S. The van der Waals surface area contributed by atoms with Crippen molar-refractivity contribution >= 4 is 15.8 Å². The molecule has 5 heteroatoms. The van der Waals surface area contributed by atoms with E-state index < -0.39 is 21.2 Å². The summed E-state index contributed by atoms with van der Waals surface area (Å²) in [4.78, 5) is 12.1. The van der Waals surface area contributed by atoms with E-state index in [1.54, 1.807) is 12.1 Å². The van der Waals surface area contributed by atoms with Crippen molar-refractivity contribution in [1.29, 1.82) is 0 Å². The van der Waals surface area contributed by atoms with E-state index in [0.717, 1.165) is 18.2 Å². The normalized spacial score (nSPS) is 28.5. The fourth-order valence-corrected chi connectivity index (χ4v) is 4.81. The Hall–Kier alpha value is -1.36. The summed E-state index contributed by atoms with van der Waals surface area (Å²) in [6.45, 7) is 0. The Labute approximate surface area is 137 Å². The van der Waals surface area contributed by atoms with E-state index >= 15 is 0 Å². The van der Waals surface area contributed by atoms with E-state index in [-0.39, 0.29) is 10.8 Å². The number of carbonyl (C=O) groups is 1. The molecule has 0 saturated heterocycles. The third-order valence-electron chi connectivity index (χ3n) is 5.63. The molecule has 3 rings (SSSR count). The molecule has 2 aliphatic rings. The fraction of sp³-hybridized carbons (Fsp3) is 0.611. The molecule has 1 N–H and O–H groups in total. The van der Waals surface area contributed by atoms with Crippen LogP contribution < -0.4 is 0 Å². The molecule has 2 saturated carbocycles. The van der Waals surface area contributed by atoms with E-state index in [4.69, 9.17) is 0 Å². The minimum Gasteiger partial charge on any atom is -0.481 e. The Kier molecular flexibility index (Phi) is 4.25. The molecule has 0 radical (unpaired) electrons. The van der Waals surface area contributed by atoms with Crippen LogP contribution in [0.3, 0.4) is 0 Å². The van der Waals surface area contributed by atoms with Crippen LogP contribution in [0.25, 0.3) is 0 Å². The molecule has 2 aliphatic carbocycles. The van der Waals surface area contributed by atoms with Crippen molar-refractivity contribution in [3.05, 3.63) is 29.8 Å². The van der Waals surface area contributed by atoms with Gasteiger partial charge in [-0.15, -0.1) is 0 Å². The summed E-state index contributed by atoms with van der Waals surface area (Å²) in [6.07, 6.45) is 9.10. The zero-order valence-electron chi connectivity index (χ0n) is 13.5. The molecule has 0 bridgehead atoms. The third kappa shape index (κ3) is 3.16. The third-order valence-corrected chi connectivity index (χ3v) is 6.76. The number of benzene rings is 1. The Morgan fingerprint density at radius 3 is 2.30 bits per heavy atom. The molecule has 0 spiro atoms. The summed E-state index contributed by atoms with van der Waals surface area (Å²) in [5.41, 5.74) is -0.0498. The first-order valence-electron chi connectivity index (χ1n) is 8.38. The van der Waals surface area contributed by atoms with Crippen LogP contribution in [0.1, 0.15) is 50.5 Å². The number of sulfone groups is 1. The van der Waals surface area contributed by atoms with E-state index in [1.807, 2.05) is 0 Å². The molecule has 2 unspecified atom stereocenters. The van der Waals surface area contributed by atoms with Gasteiger partial charge in [-0.1, -0.05) is 44.2 Å². The fourth-order valence-electron chi connectivity index (χ4n) is 4.18. The monoisotopic (exact) mass is 336 g/mol. The van der Waals surface area contributed by atoms with Crippen LogP contribution in [-0.4, -0.2) is 25.7 Å². The number of aliphatic carboxylic acids is 1. The molecule has 0 heterocycles. The first-order valence-corrected chi connectivity index (χ1v) is 10.3. The first-order chi connectivity index (χ1) is 10.8. The smallest absolute Gasteiger partial charge is 0.314 e. The van der Waals surface area contributed by atoms with Gasteiger partial charge in [-0.2, -0.15) is 0 Å². The number of hydrogen-bond donors (Lipinski definition) is 1. The highest BCUT2D eigenvalue weighted by atomic mass is 32.2. The van der Waals surface area contributed by atoms with Gasteiger partial charge in [0.25, 0.3) is 0 Å². The summed E-state index contributed by atoms with van der Waals surface area (Å²) >= 11 is 0. The van der Waals surface area contributed by atoms with E-state index in [1.165, 1.54) is 44.2 Å². The molecule has 2 fully saturated rings. The van der Waals surface area contributed by atoms with Crippen molar-refractivity contribution < 1.29 is 18.3 Å².